The van der Waals surface area contributed by atoms with Crippen LogP contribution in [-0.2, 0) is 6.42 Å². The molecule has 1 aromatic carbocycles. The highest BCUT2D eigenvalue weighted by atomic mass is 79.9. The quantitative estimate of drug-likeness (QED) is 0.691. The number of benzene rings is 1. The molecule has 0 N–H and O–H groups in total. The molecule has 0 bridgehead atoms. The predicted octanol–water partition coefficient (Wildman–Crippen LogP) is 5.17. The Morgan fingerprint density at radius 3 is 2.60 bits per heavy atom. The summed E-state index contributed by atoms with van der Waals surface area (Å²) in [5, 5.41) is 0.926. The van der Waals surface area contributed by atoms with Crippen molar-refractivity contribution in [1.29, 1.82) is 0 Å². The van der Waals surface area contributed by atoms with Crippen LogP contribution in [0.2, 0.25) is 10.2 Å². The van der Waals surface area contributed by atoms with Crippen LogP contribution in [0.1, 0.15) is 19.0 Å². The van der Waals surface area contributed by atoms with Crippen molar-refractivity contribution >= 4 is 39.1 Å². The highest BCUT2D eigenvalue weighted by Crippen LogP contribution is 2.31. The van der Waals surface area contributed by atoms with Crippen LogP contribution in [0.15, 0.2) is 22.7 Å². The second-order valence-electron chi connectivity index (χ2n) is 4.20. The van der Waals surface area contributed by atoms with E-state index in [1.165, 1.54) is 0 Å². The van der Waals surface area contributed by atoms with Crippen molar-refractivity contribution in [3.8, 4) is 17.1 Å². The Kier molecular flexibility index (Phi) is 5.24. The Morgan fingerprint density at radius 2 is 2.00 bits per heavy atom. The average molecular weight is 376 g/mol. The van der Waals surface area contributed by atoms with Crippen molar-refractivity contribution in [1.82, 2.24) is 9.97 Å². The van der Waals surface area contributed by atoms with Crippen LogP contribution >= 0.6 is 39.1 Å². The molecular weight excluding hydrogens is 363 g/mol. The number of aryl methyl sites for hydroxylation is 1. The topological polar surface area (TPSA) is 35.0 Å². The Labute approximate surface area is 136 Å². The average Bonchev–Trinajstić information content (AvgIpc) is 2.43. The first-order chi connectivity index (χ1) is 9.56. The van der Waals surface area contributed by atoms with Gasteiger partial charge >= 0.3 is 0 Å². The summed E-state index contributed by atoms with van der Waals surface area (Å²) < 4.78 is 5.89. The molecule has 0 aliphatic rings. The van der Waals surface area contributed by atoms with Gasteiger partial charge in [-0.2, -0.15) is 0 Å². The van der Waals surface area contributed by atoms with Crippen molar-refractivity contribution in [2.75, 3.05) is 7.11 Å². The van der Waals surface area contributed by atoms with Crippen LogP contribution in [0.3, 0.4) is 0 Å². The lowest BCUT2D eigenvalue weighted by Gasteiger charge is -2.09. The van der Waals surface area contributed by atoms with E-state index in [4.69, 9.17) is 27.9 Å². The maximum atomic E-state index is 6.15. The van der Waals surface area contributed by atoms with Crippen molar-refractivity contribution in [2.24, 2.45) is 0 Å². The van der Waals surface area contributed by atoms with Gasteiger partial charge in [-0.25, -0.2) is 9.97 Å². The van der Waals surface area contributed by atoms with Gasteiger partial charge in [-0.05, 0) is 40.5 Å². The summed E-state index contributed by atoms with van der Waals surface area (Å²) >= 11 is 15.7. The number of rotatable bonds is 4. The molecule has 0 radical (unpaired) electrons. The van der Waals surface area contributed by atoms with E-state index < -0.39 is 0 Å². The Bertz CT molecular complexity index is 635. The molecule has 6 heteroatoms. The van der Waals surface area contributed by atoms with Gasteiger partial charge in [0, 0.05) is 5.56 Å². The second kappa shape index (κ2) is 6.74. The van der Waals surface area contributed by atoms with Crippen molar-refractivity contribution in [2.45, 2.75) is 19.8 Å². The number of aromatic nitrogens is 2. The summed E-state index contributed by atoms with van der Waals surface area (Å²) in [6, 6.07) is 5.42. The van der Waals surface area contributed by atoms with E-state index in [0.29, 0.717) is 21.7 Å². The highest BCUT2D eigenvalue weighted by Gasteiger charge is 2.13. The molecule has 2 aromatic rings. The number of hydrogen-bond donors (Lipinski definition) is 0. The molecule has 20 heavy (non-hydrogen) atoms. The Balaban J connectivity index is 2.49. The molecule has 0 fully saturated rings. The summed E-state index contributed by atoms with van der Waals surface area (Å²) in [6.07, 6.45) is 1.81. The van der Waals surface area contributed by atoms with E-state index in [2.05, 4.69) is 32.8 Å². The van der Waals surface area contributed by atoms with Crippen molar-refractivity contribution < 1.29 is 4.74 Å². The zero-order chi connectivity index (χ0) is 14.7. The highest BCUT2D eigenvalue weighted by molar-refractivity contribution is 9.10. The lowest BCUT2D eigenvalue weighted by Crippen LogP contribution is -1.98. The fraction of sp³-hybridized carbons (Fsp3) is 0.286. The minimum atomic E-state index is 0.408. The summed E-state index contributed by atoms with van der Waals surface area (Å²) in [7, 11) is 1.58. The van der Waals surface area contributed by atoms with Gasteiger partial charge in [0.1, 0.15) is 10.9 Å². The predicted molar refractivity (Wildman–Crippen MR) is 85.7 cm³/mol. The lowest BCUT2D eigenvalue weighted by molar-refractivity contribution is 0.415. The van der Waals surface area contributed by atoms with Crippen LogP contribution < -0.4 is 4.74 Å². The number of hydrogen-bond acceptors (Lipinski definition) is 3. The van der Waals surface area contributed by atoms with E-state index in [-0.39, 0.29) is 0 Å². The largest absolute Gasteiger partial charge is 0.495 e. The first-order valence-corrected chi connectivity index (χ1v) is 7.67. The van der Waals surface area contributed by atoms with Gasteiger partial charge in [-0.15, -0.1) is 0 Å². The van der Waals surface area contributed by atoms with Gasteiger partial charge in [0.05, 0.1) is 22.3 Å². The summed E-state index contributed by atoms with van der Waals surface area (Å²) in [5.41, 5.74) is 1.71. The number of halogens is 3. The minimum absolute atomic E-state index is 0.408. The maximum absolute atomic E-state index is 6.15. The first-order valence-electron chi connectivity index (χ1n) is 6.12. The zero-order valence-corrected chi connectivity index (χ0v) is 14.2. The van der Waals surface area contributed by atoms with Crippen LogP contribution in [0.5, 0.6) is 5.75 Å². The van der Waals surface area contributed by atoms with Crippen LogP contribution in [0.25, 0.3) is 11.4 Å². The van der Waals surface area contributed by atoms with Crippen LogP contribution in [-0.4, -0.2) is 17.1 Å². The van der Waals surface area contributed by atoms with Gasteiger partial charge in [-0.3, -0.25) is 0 Å². The zero-order valence-electron chi connectivity index (χ0n) is 11.1. The van der Waals surface area contributed by atoms with Gasteiger partial charge in [0.15, 0.2) is 5.82 Å². The van der Waals surface area contributed by atoms with Gasteiger partial charge in [0.25, 0.3) is 0 Å². The smallest absolute Gasteiger partial charge is 0.161 e. The first kappa shape index (κ1) is 15.5. The molecule has 0 saturated carbocycles. The summed E-state index contributed by atoms with van der Waals surface area (Å²) in [5.74, 6) is 1.18. The van der Waals surface area contributed by atoms with Gasteiger partial charge in [-0.1, -0.05) is 36.5 Å². The molecule has 0 aliphatic carbocycles. The van der Waals surface area contributed by atoms with E-state index in [1.807, 2.05) is 6.07 Å². The number of ether oxygens (including phenoxy) is 1. The molecular formula is C14H13BrCl2N2O. The molecule has 0 saturated heterocycles. The standard InChI is InChI=1S/C14H13BrCl2N2O/c1-3-4-10-12(15)13(17)19-14(18-10)8-5-6-11(20-2)9(16)7-8/h5-7H,3-4H2,1-2H3. The second-order valence-corrected chi connectivity index (χ2v) is 5.76. The molecule has 3 nitrogen and oxygen atoms in total. The molecule has 106 valence electrons. The van der Waals surface area contributed by atoms with E-state index in [9.17, 15) is 0 Å². The fourth-order valence-corrected chi connectivity index (χ4v) is 2.62. The number of nitrogens with zero attached hydrogens (tertiary/aromatic N) is 2. The summed E-state index contributed by atoms with van der Waals surface area (Å²) in [4.78, 5) is 8.84. The third-order valence-corrected chi connectivity index (χ3v) is 4.41. The van der Waals surface area contributed by atoms with E-state index in [0.717, 1.165) is 28.6 Å². The third kappa shape index (κ3) is 3.25. The fourth-order valence-electron chi connectivity index (χ4n) is 1.80. The maximum Gasteiger partial charge on any atom is 0.161 e. The molecule has 2 rings (SSSR count). The lowest BCUT2D eigenvalue weighted by atomic mass is 10.2. The molecule has 0 spiro atoms. The van der Waals surface area contributed by atoms with Crippen molar-refractivity contribution in [3.05, 3.63) is 38.5 Å². The molecule has 0 aliphatic heterocycles. The Morgan fingerprint density at radius 1 is 1.25 bits per heavy atom. The van der Waals surface area contributed by atoms with E-state index in [1.54, 1.807) is 19.2 Å². The Hall–Kier alpha value is -0.840. The molecule has 1 aromatic heterocycles. The summed E-state index contributed by atoms with van der Waals surface area (Å²) in [6.45, 7) is 2.09. The van der Waals surface area contributed by atoms with E-state index >= 15 is 0 Å². The van der Waals surface area contributed by atoms with Crippen LogP contribution in [0.4, 0.5) is 0 Å². The molecule has 0 amide bonds. The normalized spacial score (nSPS) is 10.7. The molecule has 1 heterocycles. The molecule has 0 unspecified atom stereocenters. The minimum Gasteiger partial charge on any atom is -0.495 e. The van der Waals surface area contributed by atoms with Crippen molar-refractivity contribution in [3.63, 3.8) is 0 Å². The number of methoxy groups -OCH3 is 1. The monoisotopic (exact) mass is 374 g/mol. The SMILES string of the molecule is CCCc1nc(-c2ccc(OC)c(Cl)c2)nc(Cl)c1Br. The van der Waals surface area contributed by atoms with Gasteiger partial charge < -0.3 is 4.74 Å². The van der Waals surface area contributed by atoms with Crippen LogP contribution in [0, 0.1) is 0 Å². The third-order valence-electron chi connectivity index (χ3n) is 2.78. The van der Waals surface area contributed by atoms with Gasteiger partial charge in [0.2, 0.25) is 0 Å². The molecule has 0 atom stereocenters.